The molecule has 1 amide bonds. The van der Waals surface area contributed by atoms with E-state index in [1.165, 1.54) is 0 Å². The number of piperidine rings is 1. The molecule has 9 heteroatoms. The molecular weight excluding hydrogens is 508 g/mol. The zero-order valence-electron chi connectivity index (χ0n) is 21.7. The molecule has 1 aromatic heterocycles. The highest BCUT2D eigenvalue weighted by Gasteiger charge is 2.44. The van der Waals surface area contributed by atoms with Crippen LogP contribution < -0.4 is 14.2 Å². The third-order valence-electron chi connectivity index (χ3n) is 7.46. The number of methoxy groups -OCH3 is 1. The molecular formula is C29H33ClN2O6. The molecule has 6 rings (SSSR count). The first kappa shape index (κ1) is 25.1. The molecule has 2 aromatic carbocycles. The molecule has 3 aliphatic heterocycles. The van der Waals surface area contributed by atoms with Crippen molar-refractivity contribution in [1.82, 2.24) is 9.47 Å². The molecule has 0 radical (unpaired) electrons. The quantitative estimate of drug-likeness (QED) is 0.429. The number of halogens is 1. The Morgan fingerprint density at radius 3 is 2.68 bits per heavy atom. The number of carbonyl (C=O) groups is 1. The number of hydrogen-bond acceptors (Lipinski definition) is 6. The third kappa shape index (κ3) is 4.51. The highest BCUT2D eigenvalue weighted by atomic mass is 35.5. The molecule has 38 heavy (non-hydrogen) atoms. The minimum Gasteiger partial charge on any atom is -0.493 e. The van der Waals surface area contributed by atoms with Crippen LogP contribution in [0, 0.1) is 0 Å². The first-order valence-corrected chi connectivity index (χ1v) is 13.2. The van der Waals surface area contributed by atoms with E-state index in [0.29, 0.717) is 61.2 Å². The Labute approximate surface area is 228 Å². The molecule has 8 nitrogen and oxygen atoms in total. The Morgan fingerprint density at radius 2 is 1.95 bits per heavy atom. The van der Waals surface area contributed by atoms with Gasteiger partial charge < -0.3 is 33.2 Å². The summed E-state index contributed by atoms with van der Waals surface area (Å²) in [5.74, 6) is 1.17. The van der Waals surface area contributed by atoms with Crippen LogP contribution in [0.2, 0.25) is 5.02 Å². The third-order valence-corrected chi connectivity index (χ3v) is 7.70. The number of likely N-dealkylation sites (tertiary alicyclic amines) is 1. The Balaban J connectivity index is 0.00000308. The van der Waals surface area contributed by atoms with Gasteiger partial charge in [0, 0.05) is 50.2 Å². The number of aromatic nitrogens is 1. The smallest absolute Gasteiger partial charge is 0.253 e. The molecule has 1 atom stereocenters. The Hall–Kier alpha value is -3.20. The summed E-state index contributed by atoms with van der Waals surface area (Å²) in [6.45, 7) is 5.68. The van der Waals surface area contributed by atoms with Gasteiger partial charge in [0.15, 0.2) is 22.9 Å². The van der Waals surface area contributed by atoms with E-state index < -0.39 is 11.4 Å². The van der Waals surface area contributed by atoms with Crippen molar-refractivity contribution in [2.24, 2.45) is 0 Å². The van der Waals surface area contributed by atoms with Gasteiger partial charge in [-0.2, -0.15) is 0 Å². The van der Waals surface area contributed by atoms with Gasteiger partial charge in [0.05, 0.1) is 25.1 Å². The topological polar surface area (TPSA) is 71.4 Å². The molecule has 3 aliphatic rings. The van der Waals surface area contributed by atoms with E-state index >= 15 is 0 Å². The number of hydrogen-bond donors (Lipinski definition) is 0. The van der Waals surface area contributed by atoms with Crippen LogP contribution in [0.25, 0.3) is 5.69 Å². The Morgan fingerprint density at radius 1 is 1.13 bits per heavy atom. The maximum Gasteiger partial charge on any atom is 0.253 e. The van der Waals surface area contributed by atoms with Crippen LogP contribution in [0.15, 0.2) is 54.7 Å². The van der Waals surface area contributed by atoms with Crippen molar-refractivity contribution >= 4 is 17.5 Å². The summed E-state index contributed by atoms with van der Waals surface area (Å²) < 4.78 is 31.6. The van der Waals surface area contributed by atoms with E-state index in [0.717, 1.165) is 17.1 Å². The molecule has 4 heterocycles. The van der Waals surface area contributed by atoms with Crippen LogP contribution in [0.5, 0.6) is 17.2 Å². The van der Waals surface area contributed by atoms with Crippen LogP contribution in [-0.4, -0.2) is 60.7 Å². The summed E-state index contributed by atoms with van der Waals surface area (Å²) in [5, 5.41) is 0.636. The predicted octanol–water partition coefficient (Wildman–Crippen LogP) is 5.44. The SMILES string of the molecule is COc1cc(C(=O)N2CCC3(CC2)Oc2cc(Cl)ccc2-n2cccc23)ccc1OC[C@@H]1COC(C)(C)O1.[HH]. The number of nitrogens with zero attached hydrogens (tertiary/aromatic N) is 2. The summed E-state index contributed by atoms with van der Waals surface area (Å²) in [6.07, 6.45) is 3.23. The fraction of sp³-hybridized carbons (Fsp3) is 0.414. The second-order valence-electron chi connectivity index (χ2n) is 10.4. The van der Waals surface area contributed by atoms with Crippen LogP contribution in [0.1, 0.15) is 44.2 Å². The van der Waals surface area contributed by atoms with E-state index in [4.69, 9.17) is 35.3 Å². The zero-order valence-corrected chi connectivity index (χ0v) is 22.5. The van der Waals surface area contributed by atoms with Crippen LogP contribution in [-0.2, 0) is 15.1 Å². The van der Waals surface area contributed by atoms with Gasteiger partial charge in [0.25, 0.3) is 5.91 Å². The number of rotatable bonds is 5. The second-order valence-corrected chi connectivity index (χ2v) is 10.8. The minimum absolute atomic E-state index is 0. The number of ether oxygens (including phenoxy) is 5. The maximum absolute atomic E-state index is 13.5. The lowest BCUT2D eigenvalue weighted by Crippen LogP contribution is -2.50. The molecule has 3 aromatic rings. The highest BCUT2D eigenvalue weighted by molar-refractivity contribution is 6.30. The van der Waals surface area contributed by atoms with Crippen molar-refractivity contribution in [3.8, 4) is 22.9 Å². The predicted molar refractivity (Wildman–Crippen MR) is 144 cm³/mol. The Bertz CT molecular complexity index is 1370. The van der Waals surface area contributed by atoms with Gasteiger partial charge in [-0.25, -0.2) is 0 Å². The zero-order chi connectivity index (χ0) is 26.5. The molecule has 2 saturated heterocycles. The van der Waals surface area contributed by atoms with Crippen LogP contribution >= 0.6 is 11.6 Å². The van der Waals surface area contributed by atoms with E-state index in [-0.39, 0.29) is 13.4 Å². The molecule has 0 unspecified atom stereocenters. The van der Waals surface area contributed by atoms with Crippen molar-refractivity contribution in [3.05, 3.63) is 71.0 Å². The average Bonchev–Trinajstić information content (AvgIpc) is 3.54. The monoisotopic (exact) mass is 540 g/mol. The van der Waals surface area contributed by atoms with Gasteiger partial charge >= 0.3 is 0 Å². The summed E-state index contributed by atoms with van der Waals surface area (Å²) in [4.78, 5) is 15.3. The van der Waals surface area contributed by atoms with Gasteiger partial charge in [-0.05, 0) is 56.3 Å². The summed E-state index contributed by atoms with van der Waals surface area (Å²) in [5.41, 5.74) is 2.12. The lowest BCUT2D eigenvalue weighted by molar-refractivity contribution is -0.141. The molecule has 0 N–H and O–H groups in total. The first-order chi connectivity index (χ1) is 18.3. The van der Waals surface area contributed by atoms with Gasteiger partial charge in [0.1, 0.15) is 18.5 Å². The standard InChI is InChI=1S/C29H31ClN2O6.H2/c1-28(2)36-18-21(37-28)17-35-23-9-6-19(15-25(23)34-3)27(33)31-13-10-29(11-14-31)26-5-4-12-32(26)22-8-7-20(30)16-24(22)38-29;/h4-9,12,15-16,21H,10-11,13-14,17-18H2,1-3H3;1H/t21-;/m1./s1. The lowest BCUT2D eigenvalue weighted by atomic mass is 9.86. The normalized spacial score (nSPS) is 20.9. The number of benzene rings is 2. The molecule has 202 valence electrons. The van der Waals surface area contributed by atoms with Crippen LogP contribution in [0.3, 0.4) is 0 Å². The van der Waals surface area contributed by atoms with Crippen LogP contribution in [0.4, 0.5) is 0 Å². The van der Waals surface area contributed by atoms with E-state index in [1.54, 1.807) is 25.3 Å². The molecule has 2 fully saturated rings. The summed E-state index contributed by atoms with van der Waals surface area (Å²) in [6, 6.07) is 15.1. The van der Waals surface area contributed by atoms with Gasteiger partial charge in [-0.1, -0.05) is 11.6 Å². The molecule has 0 bridgehead atoms. The van der Waals surface area contributed by atoms with Crippen molar-refractivity contribution in [1.29, 1.82) is 0 Å². The number of amides is 1. The van der Waals surface area contributed by atoms with E-state index in [2.05, 4.69) is 10.6 Å². The molecule has 0 aliphatic carbocycles. The average molecular weight is 541 g/mol. The van der Waals surface area contributed by atoms with Crippen molar-refractivity contribution < 1.29 is 29.9 Å². The van der Waals surface area contributed by atoms with Gasteiger partial charge in [-0.15, -0.1) is 0 Å². The van der Waals surface area contributed by atoms with E-state index in [9.17, 15) is 4.79 Å². The molecule has 1 spiro atoms. The number of carbonyl (C=O) groups excluding carboxylic acids is 1. The number of fused-ring (bicyclic) bond motifs is 4. The minimum atomic E-state index is -0.608. The fourth-order valence-electron chi connectivity index (χ4n) is 5.55. The second kappa shape index (κ2) is 9.52. The van der Waals surface area contributed by atoms with Crippen molar-refractivity contribution in [2.45, 2.75) is 44.2 Å². The van der Waals surface area contributed by atoms with Crippen molar-refractivity contribution in [2.75, 3.05) is 33.4 Å². The Kier molecular flexibility index (Phi) is 6.29. The maximum atomic E-state index is 13.5. The lowest BCUT2D eigenvalue weighted by Gasteiger charge is -2.45. The summed E-state index contributed by atoms with van der Waals surface area (Å²) >= 11 is 6.26. The fourth-order valence-corrected chi connectivity index (χ4v) is 5.72. The molecule has 0 saturated carbocycles. The van der Waals surface area contributed by atoms with Gasteiger partial charge in [-0.3, -0.25) is 4.79 Å². The largest absolute Gasteiger partial charge is 0.493 e. The summed E-state index contributed by atoms with van der Waals surface area (Å²) in [7, 11) is 1.57. The van der Waals surface area contributed by atoms with Gasteiger partial charge in [0.2, 0.25) is 0 Å². The first-order valence-electron chi connectivity index (χ1n) is 12.9. The highest BCUT2D eigenvalue weighted by Crippen LogP contribution is 2.46. The van der Waals surface area contributed by atoms with E-state index in [1.807, 2.05) is 49.2 Å². The van der Waals surface area contributed by atoms with Crippen molar-refractivity contribution in [3.63, 3.8) is 0 Å².